The summed E-state index contributed by atoms with van der Waals surface area (Å²) < 4.78 is 50.2. The Hall–Kier alpha value is -2.26. The number of hydrazine groups is 1. The van der Waals surface area contributed by atoms with Crippen molar-refractivity contribution in [3.8, 4) is 0 Å². The summed E-state index contributed by atoms with van der Waals surface area (Å²) in [6, 6.07) is 5.54. The number of sulfonamides is 1. The largest absolute Gasteiger partial charge is 0.357 e. The monoisotopic (exact) mass is 301 g/mol. The van der Waals surface area contributed by atoms with Crippen molar-refractivity contribution in [1.82, 2.24) is 15.2 Å². The molecule has 9 heteroatoms. The van der Waals surface area contributed by atoms with E-state index < -0.39 is 32.5 Å². The van der Waals surface area contributed by atoms with Gasteiger partial charge in [-0.2, -0.15) is 0 Å². The normalized spacial score (nSPS) is 11.3. The van der Waals surface area contributed by atoms with Gasteiger partial charge in [-0.25, -0.2) is 17.2 Å². The molecule has 106 valence electrons. The van der Waals surface area contributed by atoms with Crippen molar-refractivity contribution in [3.63, 3.8) is 0 Å². The topological polar surface area (TPSA) is 91.1 Å². The molecule has 0 atom stereocenters. The zero-order chi connectivity index (χ0) is 14.8. The highest BCUT2D eigenvalue weighted by Crippen LogP contribution is 2.17. The van der Waals surface area contributed by atoms with E-state index in [2.05, 4.69) is 4.98 Å². The molecule has 0 aliphatic heterocycles. The van der Waals surface area contributed by atoms with E-state index in [-0.39, 0.29) is 5.69 Å². The number of carbonyl (C=O) groups is 1. The quantitative estimate of drug-likeness (QED) is 0.733. The second kappa shape index (κ2) is 5.39. The van der Waals surface area contributed by atoms with E-state index in [1.54, 1.807) is 4.83 Å². The average Bonchev–Trinajstić information content (AvgIpc) is 2.89. The van der Waals surface area contributed by atoms with Crippen LogP contribution in [0.25, 0.3) is 0 Å². The fourth-order valence-corrected chi connectivity index (χ4v) is 2.42. The van der Waals surface area contributed by atoms with Crippen LogP contribution in [0.3, 0.4) is 0 Å². The van der Waals surface area contributed by atoms with Crippen LogP contribution in [0.1, 0.15) is 10.5 Å². The Morgan fingerprint density at radius 2 is 1.75 bits per heavy atom. The molecule has 1 aromatic heterocycles. The summed E-state index contributed by atoms with van der Waals surface area (Å²) >= 11 is 0. The first-order chi connectivity index (χ1) is 9.42. The average molecular weight is 301 g/mol. The maximum atomic E-state index is 13.4. The molecule has 2 rings (SSSR count). The minimum atomic E-state index is -4.55. The van der Waals surface area contributed by atoms with Gasteiger partial charge in [0.25, 0.3) is 15.9 Å². The van der Waals surface area contributed by atoms with Crippen LogP contribution in [0, 0.1) is 11.6 Å². The molecule has 0 saturated heterocycles. The number of aromatic amines is 1. The highest BCUT2D eigenvalue weighted by molar-refractivity contribution is 7.89. The van der Waals surface area contributed by atoms with Crippen molar-refractivity contribution in [2.75, 3.05) is 0 Å². The highest BCUT2D eigenvalue weighted by atomic mass is 32.2. The first kappa shape index (κ1) is 14.2. The second-order valence-corrected chi connectivity index (χ2v) is 5.31. The number of carbonyl (C=O) groups excluding carboxylic acids is 1. The van der Waals surface area contributed by atoms with Gasteiger partial charge in [0.05, 0.1) is 0 Å². The fourth-order valence-electron chi connectivity index (χ4n) is 1.44. The maximum absolute atomic E-state index is 13.4. The first-order valence-electron chi connectivity index (χ1n) is 5.31. The van der Waals surface area contributed by atoms with Gasteiger partial charge in [-0.05, 0) is 24.3 Å². The van der Waals surface area contributed by atoms with E-state index in [0.717, 1.165) is 18.2 Å². The summed E-state index contributed by atoms with van der Waals surface area (Å²) in [7, 11) is -4.55. The van der Waals surface area contributed by atoms with Crippen LogP contribution >= 0.6 is 0 Å². The minimum Gasteiger partial charge on any atom is -0.357 e. The Labute approximate surface area is 112 Å². The predicted octanol–water partition coefficient (Wildman–Crippen LogP) is 0.916. The summed E-state index contributed by atoms with van der Waals surface area (Å²) in [4.78, 5) is 14.5. The molecule has 0 saturated carbocycles. The van der Waals surface area contributed by atoms with Crippen LogP contribution in [0.2, 0.25) is 0 Å². The number of halogens is 2. The third-order valence-corrected chi connectivity index (χ3v) is 3.63. The maximum Gasteiger partial charge on any atom is 0.282 e. The lowest BCUT2D eigenvalue weighted by Crippen LogP contribution is -2.42. The third-order valence-electron chi connectivity index (χ3n) is 2.33. The number of aromatic nitrogens is 1. The molecule has 3 N–H and O–H groups in total. The van der Waals surface area contributed by atoms with Crippen molar-refractivity contribution in [2.45, 2.75) is 4.90 Å². The molecule has 1 heterocycles. The van der Waals surface area contributed by atoms with Crippen molar-refractivity contribution < 1.29 is 22.0 Å². The summed E-state index contributed by atoms with van der Waals surface area (Å²) in [5.41, 5.74) is 1.92. The Balaban J connectivity index is 2.18. The lowest BCUT2D eigenvalue weighted by atomic mass is 10.3. The second-order valence-electron chi connectivity index (χ2n) is 3.69. The van der Waals surface area contributed by atoms with Crippen LogP contribution in [0.4, 0.5) is 8.78 Å². The van der Waals surface area contributed by atoms with Gasteiger partial charge in [-0.3, -0.25) is 10.2 Å². The van der Waals surface area contributed by atoms with Crippen molar-refractivity contribution >= 4 is 15.9 Å². The summed E-state index contributed by atoms with van der Waals surface area (Å²) in [6.07, 6.45) is 1.46. The van der Waals surface area contributed by atoms with Gasteiger partial charge in [0.15, 0.2) is 4.90 Å². The van der Waals surface area contributed by atoms with E-state index in [0.29, 0.717) is 0 Å². The third kappa shape index (κ3) is 2.83. The van der Waals surface area contributed by atoms with E-state index >= 15 is 0 Å². The lowest BCUT2D eigenvalue weighted by Gasteiger charge is -2.09. The molecule has 1 aromatic carbocycles. The Bertz CT molecular complexity index is 709. The van der Waals surface area contributed by atoms with Gasteiger partial charge in [0.1, 0.15) is 17.3 Å². The Morgan fingerprint density at radius 3 is 2.30 bits per heavy atom. The molecule has 20 heavy (non-hydrogen) atoms. The molecular formula is C11H9F2N3O3S. The molecule has 0 fully saturated rings. The molecule has 0 aliphatic rings. The van der Waals surface area contributed by atoms with E-state index in [1.165, 1.54) is 18.3 Å². The Kier molecular flexibility index (Phi) is 3.81. The number of rotatable bonds is 4. The Morgan fingerprint density at radius 1 is 1.10 bits per heavy atom. The van der Waals surface area contributed by atoms with Gasteiger partial charge < -0.3 is 4.98 Å². The highest BCUT2D eigenvalue weighted by Gasteiger charge is 2.24. The molecule has 2 aromatic rings. The van der Waals surface area contributed by atoms with Gasteiger partial charge in [0, 0.05) is 6.20 Å². The van der Waals surface area contributed by atoms with Crippen molar-refractivity contribution in [2.24, 2.45) is 0 Å². The van der Waals surface area contributed by atoms with Gasteiger partial charge >= 0.3 is 0 Å². The molecule has 0 spiro atoms. The lowest BCUT2D eigenvalue weighted by molar-refractivity contribution is 0.0940. The van der Waals surface area contributed by atoms with Crippen LogP contribution in [-0.4, -0.2) is 19.3 Å². The van der Waals surface area contributed by atoms with E-state index in [1.807, 2.05) is 5.43 Å². The molecule has 0 aliphatic carbocycles. The fraction of sp³-hybridized carbons (Fsp3) is 0. The SMILES string of the molecule is O=C(NNS(=O)(=O)c1c(F)cccc1F)c1ccc[nH]1. The van der Waals surface area contributed by atoms with Crippen LogP contribution in [0.15, 0.2) is 41.4 Å². The number of H-pyrrole nitrogens is 1. The minimum absolute atomic E-state index is 0.0849. The molecular weight excluding hydrogens is 292 g/mol. The molecule has 6 nitrogen and oxygen atoms in total. The smallest absolute Gasteiger partial charge is 0.282 e. The first-order valence-corrected chi connectivity index (χ1v) is 6.79. The van der Waals surface area contributed by atoms with Crippen molar-refractivity contribution in [3.05, 3.63) is 53.9 Å². The van der Waals surface area contributed by atoms with Gasteiger partial charge in [-0.15, -0.1) is 4.83 Å². The zero-order valence-corrected chi connectivity index (χ0v) is 10.7. The summed E-state index contributed by atoms with van der Waals surface area (Å²) in [5.74, 6) is -3.31. The summed E-state index contributed by atoms with van der Waals surface area (Å²) in [5, 5.41) is 0. The predicted molar refractivity (Wildman–Crippen MR) is 64.9 cm³/mol. The van der Waals surface area contributed by atoms with Crippen LogP contribution < -0.4 is 10.3 Å². The van der Waals surface area contributed by atoms with Crippen LogP contribution in [0.5, 0.6) is 0 Å². The van der Waals surface area contributed by atoms with Crippen molar-refractivity contribution in [1.29, 1.82) is 0 Å². The van der Waals surface area contributed by atoms with Gasteiger partial charge in [0.2, 0.25) is 0 Å². The zero-order valence-electron chi connectivity index (χ0n) is 9.85. The number of amides is 1. The number of hydrogen-bond acceptors (Lipinski definition) is 3. The standard InChI is InChI=1S/C11H9F2N3O3S/c12-7-3-1-4-8(13)10(7)20(18,19)16-15-11(17)9-5-2-6-14-9/h1-6,14,16H,(H,15,17). The number of benzene rings is 1. The summed E-state index contributed by atoms with van der Waals surface area (Å²) in [6.45, 7) is 0. The molecule has 1 amide bonds. The van der Waals surface area contributed by atoms with Gasteiger partial charge in [-0.1, -0.05) is 6.07 Å². The molecule has 0 radical (unpaired) electrons. The van der Waals surface area contributed by atoms with E-state index in [4.69, 9.17) is 0 Å². The van der Waals surface area contributed by atoms with E-state index in [9.17, 15) is 22.0 Å². The number of nitrogens with one attached hydrogen (secondary N) is 3. The van der Waals surface area contributed by atoms with Crippen LogP contribution in [-0.2, 0) is 10.0 Å². The molecule has 0 unspecified atom stereocenters. The number of hydrogen-bond donors (Lipinski definition) is 3. The molecule has 0 bridgehead atoms.